The van der Waals surface area contributed by atoms with Gasteiger partial charge in [-0.1, -0.05) is 43.1 Å². The number of nitrogens with one attached hydrogen (secondary N) is 2. The number of ketones is 1. The lowest BCUT2D eigenvalue weighted by Crippen LogP contribution is -2.42. The van der Waals surface area contributed by atoms with Crippen molar-refractivity contribution >= 4 is 51.7 Å². The number of rotatable bonds is 7. The molecule has 3 aromatic rings. The van der Waals surface area contributed by atoms with Crippen LogP contribution >= 0.6 is 23.2 Å². The first-order chi connectivity index (χ1) is 18.8. The Morgan fingerprint density at radius 3 is 2.25 bits per heavy atom. The SMILES string of the molecule is CC(C)CC(=O)c1cnc2ccc(-c3cc(Cl)c(O)c(Cl)c3)cc2c1N[C@H]1CC[C@H](NC(=O)OC(C)(C)C)CC1. The van der Waals surface area contributed by atoms with E-state index in [1.54, 1.807) is 18.3 Å². The summed E-state index contributed by atoms with van der Waals surface area (Å²) in [4.78, 5) is 30.2. The number of ether oxygens (including phenoxy) is 1. The molecule has 0 radical (unpaired) electrons. The van der Waals surface area contributed by atoms with Crippen molar-refractivity contribution < 1.29 is 19.4 Å². The van der Waals surface area contributed by atoms with E-state index in [4.69, 9.17) is 27.9 Å². The Morgan fingerprint density at radius 1 is 1.02 bits per heavy atom. The molecule has 4 rings (SSSR count). The molecular weight excluding hydrogens is 549 g/mol. The van der Waals surface area contributed by atoms with E-state index in [0.717, 1.165) is 53.4 Å². The molecule has 1 amide bonds. The molecular formula is C31H37Cl2N3O4. The van der Waals surface area contributed by atoms with Crippen LogP contribution in [-0.2, 0) is 4.74 Å². The molecule has 0 aliphatic heterocycles. The smallest absolute Gasteiger partial charge is 0.407 e. The molecule has 0 bridgehead atoms. The third-order valence-electron chi connectivity index (χ3n) is 6.91. The lowest BCUT2D eigenvalue weighted by molar-refractivity contribution is 0.0492. The standard InChI is InChI=1S/C31H37Cl2N3O4/c1-17(2)12-27(37)23-16-34-26-11-6-18(19-14-24(32)29(38)25(33)15-19)13-22(26)28(23)35-20-7-9-21(10-8-20)36-30(39)40-31(3,4)5/h6,11,13-17,20-21,38H,7-10,12H2,1-5H3,(H,34,35)(H,36,39)/t20-,21-. The van der Waals surface area contributed by atoms with Crippen LogP contribution in [0, 0.1) is 5.92 Å². The van der Waals surface area contributed by atoms with Crippen molar-refractivity contribution in [2.24, 2.45) is 5.92 Å². The number of Topliss-reactive ketones (excluding diaryl/α,β-unsaturated/α-hetero) is 1. The van der Waals surface area contributed by atoms with E-state index < -0.39 is 11.7 Å². The van der Waals surface area contributed by atoms with Gasteiger partial charge in [0, 0.05) is 30.1 Å². The van der Waals surface area contributed by atoms with Gasteiger partial charge in [0.1, 0.15) is 5.60 Å². The number of carbonyl (C=O) groups excluding carboxylic acids is 2. The summed E-state index contributed by atoms with van der Waals surface area (Å²) in [5.41, 5.74) is 3.11. The molecule has 2 aromatic carbocycles. The van der Waals surface area contributed by atoms with Gasteiger partial charge in [-0.2, -0.15) is 0 Å². The van der Waals surface area contributed by atoms with Gasteiger partial charge in [-0.05, 0) is 87.8 Å². The fourth-order valence-electron chi connectivity index (χ4n) is 5.01. The number of pyridine rings is 1. The van der Waals surface area contributed by atoms with E-state index in [9.17, 15) is 14.7 Å². The van der Waals surface area contributed by atoms with Crippen LogP contribution in [0.1, 0.15) is 77.1 Å². The fraction of sp³-hybridized carbons (Fsp3) is 0.452. The summed E-state index contributed by atoms with van der Waals surface area (Å²) in [6.45, 7) is 9.59. The number of halogens is 2. The number of amides is 1. The van der Waals surface area contributed by atoms with Crippen LogP contribution in [0.2, 0.25) is 10.0 Å². The summed E-state index contributed by atoms with van der Waals surface area (Å²) in [6, 6.07) is 9.29. The van der Waals surface area contributed by atoms with Gasteiger partial charge in [0.2, 0.25) is 0 Å². The van der Waals surface area contributed by atoms with Crippen LogP contribution in [-0.4, -0.2) is 39.7 Å². The molecule has 0 atom stereocenters. The highest BCUT2D eigenvalue weighted by molar-refractivity contribution is 6.37. The number of hydrogen-bond acceptors (Lipinski definition) is 6. The molecule has 0 unspecified atom stereocenters. The second kappa shape index (κ2) is 12.2. The highest BCUT2D eigenvalue weighted by atomic mass is 35.5. The molecule has 1 heterocycles. The summed E-state index contributed by atoms with van der Waals surface area (Å²) in [5.74, 6) is 0.0848. The number of hydrogen-bond donors (Lipinski definition) is 3. The minimum Gasteiger partial charge on any atom is -0.505 e. The van der Waals surface area contributed by atoms with Crippen molar-refractivity contribution in [3.05, 3.63) is 52.1 Å². The maximum atomic E-state index is 13.3. The Bertz CT molecular complexity index is 1390. The summed E-state index contributed by atoms with van der Waals surface area (Å²) >= 11 is 12.4. The number of nitrogens with zero attached hydrogens (tertiary/aromatic N) is 1. The third-order valence-corrected chi connectivity index (χ3v) is 7.48. The first kappa shape index (κ1) is 29.9. The van der Waals surface area contributed by atoms with Gasteiger partial charge >= 0.3 is 6.09 Å². The van der Waals surface area contributed by atoms with Crippen LogP contribution in [0.15, 0.2) is 36.5 Å². The fourth-order valence-corrected chi connectivity index (χ4v) is 5.50. The number of aromatic hydroxyl groups is 1. The Labute approximate surface area is 245 Å². The van der Waals surface area contributed by atoms with Crippen LogP contribution in [0.4, 0.5) is 10.5 Å². The van der Waals surface area contributed by atoms with Crippen molar-refractivity contribution in [2.45, 2.75) is 84.4 Å². The molecule has 9 heteroatoms. The molecule has 0 saturated heterocycles. The zero-order valence-electron chi connectivity index (χ0n) is 23.6. The Kier molecular flexibility index (Phi) is 9.16. The van der Waals surface area contributed by atoms with E-state index in [2.05, 4.69) is 15.6 Å². The predicted molar refractivity (Wildman–Crippen MR) is 162 cm³/mol. The van der Waals surface area contributed by atoms with Crippen LogP contribution in [0.5, 0.6) is 5.75 Å². The maximum Gasteiger partial charge on any atom is 0.407 e. The molecule has 3 N–H and O–H groups in total. The van der Waals surface area contributed by atoms with Crippen molar-refractivity contribution in [1.82, 2.24) is 10.3 Å². The van der Waals surface area contributed by atoms with E-state index in [0.29, 0.717) is 12.0 Å². The van der Waals surface area contributed by atoms with Crippen molar-refractivity contribution in [2.75, 3.05) is 5.32 Å². The molecule has 7 nitrogen and oxygen atoms in total. The summed E-state index contributed by atoms with van der Waals surface area (Å²) < 4.78 is 5.41. The number of phenols is 1. The minimum absolute atomic E-state index is 0.0355. The van der Waals surface area contributed by atoms with Crippen LogP contribution in [0.25, 0.3) is 22.0 Å². The van der Waals surface area contributed by atoms with Gasteiger partial charge in [-0.15, -0.1) is 0 Å². The lowest BCUT2D eigenvalue weighted by Gasteiger charge is -2.31. The highest BCUT2D eigenvalue weighted by Crippen LogP contribution is 2.39. The number of alkyl carbamates (subject to hydrolysis) is 1. The first-order valence-electron chi connectivity index (χ1n) is 13.7. The van der Waals surface area contributed by atoms with E-state index in [1.165, 1.54) is 0 Å². The van der Waals surface area contributed by atoms with Gasteiger partial charge < -0.3 is 20.5 Å². The molecule has 1 aromatic heterocycles. The van der Waals surface area contributed by atoms with E-state index in [-0.39, 0.29) is 39.6 Å². The summed E-state index contributed by atoms with van der Waals surface area (Å²) in [5, 5.41) is 17.8. The quantitative estimate of drug-likeness (QED) is 0.241. The second-order valence-electron chi connectivity index (χ2n) is 11.9. The zero-order chi connectivity index (χ0) is 29.2. The monoisotopic (exact) mass is 585 g/mol. The van der Waals surface area contributed by atoms with Gasteiger partial charge in [-0.25, -0.2) is 4.79 Å². The van der Waals surface area contributed by atoms with Gasteiger partial charge in [0.25, 0.3) is 0 Å². The largest absolute Gasteiger partial charge is 0.505 e. The number of fused-ring (bicyclic) bond motifs is 1. The van der Waals surface area contributed by atoms with E-state index >= 15 is 0 Å². The number of anilines is 1. The average molecular weight is 587 g/mol. The predicted octanol–water partition coefficient (Wildman–Crippen LogP) is 8.39. The summed E-state index contributed by atoms with van der Waals surface area (Å²) in [7, 11) is 0. The molecule has 1 fully saturated rings. The third kappa shape index (κ3) is 7.38. The molecule has 1 aliphatic carbocycles. The molecule has 0 spiro atoms. The number of phenolic OH excluding ortho intramolecular Hbond substituents is 1. The lowest BCUT2D eigenvalue weighted by atomic mass is 9.90. The van der Waals surface area contributed by atoms with Gasteiger partial charge in [-0.3, -0.25) is 9.78 Å². The minimum atomic E-state index is -0.542. The Hall–Kier alpha value is -3.03. The molecule has 1 saturated carbocycles. The van der Waals surface area contributed by atoms with Crippen molar-refractivity contribution in [3.63, 3.8) is 0 Å². The highest BCUT2D eigenvalue weighted by Gasteiger charge is 2.27. The average Bonchev–Trinajstić information content (AvgIpc) is 2.86. The topological polar surface area (TPSA) is 101 Å². The molecule has 40 heavy (non-hydrogen) atoms. The molecule has 214 valence electrons. The maximum absolute atomic E-state index is 13.3. The first-order valence-corrected chi connectivity index (χ1v) is 14.5. The normalized spacial score (nSPS) is 17.6. The van der Waals surface area contributed by atoms with Crippen LogP contribution < -0.4 is 10.6 Å². The number of aromatic nitrogens is 1. The number of carbonyl (C=O) groups is 2. The number of benzene rings is 2. The van der Waals surface area contributed by atoms with Gasteiger partial charge in [0.05, 0.1) is 26.8 Å². The zero-order valence-corrected chi connectivity index (χ0v) is 25.1. The Morgan fingerprint density at radius 2 is 1.65 bits per heavy atom. The van der Waals surface area contributed by atoms with Crippen LogP contribution in [0.3, 0.4) is 0 Å². The van der Waals surface area contributed by atoms with Crippen molar-refractivity contribution in [1.29, 1.82) is 0 Å². The second-order valence-corrected chi connectivity index (χ2v) is 12.7. The Balaban J connectivity index is 1.64. The van der Waals surface area contributed by atoms with Crippen molar-refractivity contribution in [3.8, 4) is 16.9 Å². The van der Waals surface area contributed by atoms with E-state index in [1.807, 2.05) is 52.8 Å². The molecule has 1 aliphatic rings. The summed E-state index contributed by atoms with van der Waals surface area (Å²) in [6.07, 6.45) is 4.93. The van der Waals surface area contributed by atoms with Gasteiger partial charge in [0.15, 0.2) is 11.5 Å².